The molecule has 0 atom stereocenters. The highest BCUT2D eigenvalue weighted by Gasteiger charge is 2.35. The van der Waals surface area contributed by atoms with E-state index < -0.39 is 15.8 Å². The summed E-state index contributed by atoms with van der Waals surface area (Å²) < 4.78 is 40.0. The van der Waals surface area contributed by atoms with Gasteiger partial charge in [-0.25, -0.2) is 12.8 Å². The molecule has 2 rings (SSSR count). The monoisotopic (exact) mass is 334 g/mol. The molecule has 1 aromatic carbocycles. The molecule has 1 aromatic rings. The van der Waals surface area contributed by atoms with Crippen LogP contribution in [0.2, 0.25) is 5.02 Å². The minimum atomic E-state index is -3.74. The van der Waals surface area contributed by atoms with Gasteiger partial charge in [0.2, 0.25) is 10.0 Å². The number of hydrogen-bond donors (Lipinski definition) is 1. The average Bonchev–Trinajstić information content (AvgIpc) is 2.43. The number of nitrogens with zero attached hydrogens (tertiary/aromatic N) is 1. The van der Waals surface area contributed by atoms with Crippen molar-refractivity contribution >= 4 is 27.3 Å². The molecule has 0 amide bonds. The lowest BCUT2D eigenvalue weighted by atomic mass is 9.79. The second-order valence-corrected chi connectivity index (χ2v) is 8.19. The molecular weight excluding hydrogens is 315 g/mol. The molecule has 0 aromatic heterocycles. The zero-order valence-electron chi connectivity index (χ0n) is 12.2. The molecule has 1 heterocycles. The Labute approximate surface area is 130 Å². The van der Waals surface area contributed by atoms with Crippen molar-refractivity contribution in [2.45, 2.75) is 38.0 Å². The lowest BCUT2D eigenvalue weighted by Crippen LogP contribution is -2.42. The van der Waals surface area contributed by atoms with Crippen molar-refractivity contribution in [1.82, 2.24) is 4.31 Å². The zero-order chi connectivity index (χ0) is 15.8. The van der Waals surface area contributed by atoms with Gasteiger partial charge in [-0.15, -0.1) is 0 Å². The van der Waals surface area contributed by atoms with Crippen LogP contribution >= 0.6 is 11.6 Å². The van der Waals surface area contributed by atoms with E-state index in [2.05, 4.69) is 13.8 Å². The molecular formula is C14H20ClFN2O2S. The van der Waals surface area contributed by atoms with Gasteiger partial charge in [-0.1, -0.05) is 31.9 Å². The number of nitrogen functional groups attached to an aromatic ring is 1. The maximum atomic E-state index is 13.3. The molecule has 0 bridgehead atoms. The number of benzene rings is 1. The summed E-state index contributed by atoms with van der Waals surface area (Å²) >= 11 is 5.89. The highest BCUT2D eigenvalue weighted by molar-refractivity contribution is 7.89. The van der Waals surface area contributed by atoms with Crippen molar-refractivity contribution in [2.75, 3.05) is 18.8 Å². The van der Waals surface area contributed by atoms with Crippen LogP contribution in [0.25, 0.3) is 0 Å². The predicted octanol–water partition coefficient (Wildman–Crippen LogP) is 3.26. The van der Waals surface area contributed by atoms with Crippen LogP contribution in [0.15, 0.2) is 17.0 Å². The lowest BCUT2D eigenvalue weighted by molar-refractivity contribution is 0.169. The molecule has 0 radical (unpaired) electrons. The highest BCUT2D eigenvalue weighted by Crippen LogP contribution is 2.37. The van der Waals surface area contributed by atoms with Crippen LogP contribution < -0.4 is 5.73 Å². The van der Waals surface area contributed by atoms with Crippen molar-refractivity contribution in [1.29, 1.82) is 0 Å². The number of piperidine rings is 1. The van der Waals surface area contributed by atoms with Crippen LogP contribution in [0.3, 0.4) is 0 Å². The number of rotatable bonds is 3. The van der Waals surface area contributed by atoms with Crippen molar-refractivity contribution in [3.8, 4) is 0 Å². The Morgan fingerprint density at radius 3 is 2.48 bits per heavy atom. The summed E-state index contributed by atoms with van der Waals surface area (Å²) in [6.45, 7) is 5.17. The van der Waals surface area contributed by atoms with Crippen molar-refractivity contribution in [3.05, 3.63) is 23.0 Å². The molecule has 0 aliphatic carbocycles. The third kappa shape index (κ3) is 3.17. The lowest BCUT2D eigenvalue weighted by Gasteiger charge is -2.38. The summed E-state index contributed by atoms with van der Waals surface area (Å²) in [5.41, 5.74) is 5.43. The second-order valence-electron chi connectivity index (χ2n) is 5.87. The van der Waals surface area contributed by atoms with Gasteiger partial charge >= 0.3 is 0 Å². The summed E-state index contributed by atoms with van der Waals surface area (Å²) in [6, 6.07) is 2.05. The van der Waals surface area contributed by atoms with E-state index in [4.69, 9.17) is 17.3 Å². The molecule has 2 N–H and O–H groups in total. The molecule has 1 saturated heterocycles. The molecule has 7 heteroatoms. The Morgan fingerprint density at radius 1 is 1.38 bits per heavy atom. The Morgan fingerprint density at radius 2 is 1.95 bits per heavy atom. The normalized spacial score (nSPS) is 19.6. The first kappa shape index (κ1) is 16.5. The summed E-state index contributed by atoms with van der Waals surface area (Å²) in [4.78, 5) is -0.122. The van der Waals surface area contributed by atoms with Crippen molar-refractivity contribution < 1.29 is 12.8 Å². The summed E-state index contributed by atoms with van der Waals surface area (Å²) in [5.74, 6) is -0.712. The molecule has 1 aliphatic heterocycles. The van der Waals surface area contributed by atoms with Gasteiger partial charge in [-0.2, -0.15) is 4.31 Å². The van der Waals surface area contributed by atoms with Crippen molar-refractivity contribution in [2.24, 2.45) is 5.41 Å². The predicted molar refractivity (Wildman–Crippen MR) is 82.2 cm³/mol. The van der Waals surface area contributed by atoms with Crippen LogP contribution in [-0.4, -0.2) is 25.8 Å². The number of halogens is 2. The Bertz CT molecular complexity index is 641. The van der Waals surface area contributed by atoms with Crippen molar-refractivity contribution in [3.63, 3.8) is 0 Å². The molecule has 0 spiro atoms. The van der Waals surface area contributed by atoms with Crippen LogP contribution in [0, 0.1) is 11.2 Å². The number of sulfonamides is 1. The highest BCUT2D eigenvalue weighted by atomic mass is 35.5. The summed E-state index contributed by atoms with van der Waals surface area (Å²) in [7, 11) is -3.74. The maximum absolute atomic E-state index is 13.3. The number of anilines is 1. The standard InChI is InChI=1S/C14H20ClFN2O2S/c1-3-14(2)4-6-18(7-5-14)21(19,20)13-9-12(17)11(16)8-10(13)15/h8-9H,3-7,17H2,1-2H3. The Balaban J connectivity index is 2.30. The van der Waals surface area contributed by atoms with Crippen LogP contribution in [0.5, 0.6) is 0 Å². The van der Waals surface area contributed by atoms with Gasteiger partial charge in [0.05, 0.1) is 10.7 Å². The first-order valence-electron chi connectivity index (χ1n) is 6.94. The number of hydrogen-bond acceptors (Lipinski definition) is 3. The van der Waals surface area contributed by atoms with Gasteiger partial charge in [0, 0.05) is 13.1 Å². The third-order valence-corrected chi connectivity index (χ3v) is 6.82. The van der Waals surface area contributed by atoms with Gasteiger partial charge in [-0.05, 0) is 30.4 Å². The van der Waals surface area contributed by atoms with E-state index in [0.29, 0.717) is 13.1 Å². The fraction of sp³-hybridized carbons (Fsp3) is 0.571. The fourth-order valence-corrected chi connectivity index (χ4v) is 4.47. The molecule has 1 aliphatic rings. The largest absolute Gasteiger partial charge is 0.396 e. The minimum absolute atomic E-state index is 0.122. The third-order valence-electron chi connectivity index (χ3n) is 4.45. The molecule has 118 valence electrons. The van der Waals surface area contributed by atoms with Crippen LogP contribution in [0.4, 0.5) is 10.1 Å². The molecule has 1 fully saturated rings. The summed E-state index contributed by atoms with van der Waals surface area (Å²) in [6.07, 6.45) is 2.62. The van der Waals surface area contributed by atoms with E-state index in [0.717, 1.165) is 31.4 Å². The maximum Gasteiger partial charge on any atom is 0.244 e. The molecule has 0 unspecified atom stereocenters. The molecule has 0 saturated carbocycles. The number of nitrogens with two attached hydrogens (primary N) is 1. The van der Waals surface area contributed by atoms with E-state index in [1.807, 2.05) is 0 Å². The Kier molecular flexibility index (Phi) is 4.52. The quantitative estimate of drug-likeness (QED) is 0.863. The second kappa shape index (κ2) is 5.74. The van der Waals surface area contributed by atoms with E-state index in [9.17, 15) is 12.8 Å². The molecule has 4 nitrogen and oxygen atoms in total. The fourth-order valence-electron chi connectivity index (χ4n) is 2.50. The average molecular weight is 335 g/mol. The van der Waals surface area contributed by atoms with Gasteiger partial charge in [0.1, 0.15) is 10.7 Å². The topological polar surface area (TPSA) is 63.4 Å². The minimum Gasteiger partial charge on any atom is -0.396 e. The van der Waals surface area contributed by atoms with Gasteiger partial charge in [0.25, 0.3) is 0 Å². The smallest absolute Gasteiger partial charge is 0.244 e. The van der Waals surface area contributed by atoms with E-state index in [1.54, 1.807) is 0 Å². The van der Waals surface area contributed by atoms with Crippen LogP contribution in [0.1, 0.15) is 33.1 Å². The first-order chi connectivity index (χ1) is 9.69. The SMILES string of the molecule is CCC1(C)CCN(S(=O)(=O)c2cc(N)c(F)cc2Cl)CC1. The Hall–Kier alpha value is -0.850. The van der Waals surface area contributed by atoms with Gasteiger partial charge in [0.15, 0.2) is 0 Å². The van der Waals surface area contributed by atoms with E-state index >= 15 is 0 Å². The zero-order valence-corrected chi connectivity index (χ0v) is 13.8. The summed E-state index contributed by atoms with van der Waals surface area (Å²) in [5, 5.41) is -0.134. The van der Waals surface area contributed by atoms with Gasteiger partial charge < -0.3 is 5.73 Å². The van der Waals surface area contributed by atoms with E-state index in [1.165, 1.54) is 4.31 Å². The van der Waals surface area contributed by atoms with E-state index in [-0.39, 0.29) is 21.0 Å². The molecule has 21 heavy (non-hydrogen) atoms. The first-order valence-corrected chi connectivity index (χ1v) is 8.76. The van der Waals surface area contributed by atoms with Gasteiger partial charge in [-0.3, -0.25) is 0 Å². The van der Waals surface area contributed by atoms with Crippen LogP contribution in [-0.2, 0) is 10.0 Å².